The van der Waals surface area contributed by atoms with E-state index in [0.29, 0.717) is 20.5 Å². The van der Waals surface area contributed by atoms with E-state index in [-0.39, 0.29) is 6.61 Å². The van der Waals surface area contributed by atoms with E-state index in [1.807, 2.05) is 27.7 Å². The van der Waals surface area contributed by atoms with Crippen LogP contribution in [0.15, 0.2) is 22.1 Å². The Hall–Kier alpha value is -0.395. The number of aliphatic hydroxyl groups is 1. The Morgan fingerprint density at radius 1 is 1.32 bits per heavy atom. The third-order valence-electron chi connectivity index (χ3n) is 4.11. The van der Waals surface area contributed by atoms with Gasteiger partial charge in [-0.2, -0.15) is 0 Å². The van der Waals surface area contributed by atoms with E-state index in [1.54, 1.807) is 6.07 Å². The van der Waals surface area contributed by atoms with Crippen molar-refractivity contribution < 1.29 is 18.8 Å². The van der Waals surface area contributed by atoms with E-state index in [4.69, 9.17) is 20.9 Å². The fourth-order valence-corrected chi connectivity index (χ4v) is 2.95. The number of rotatable bonds is 3. The molecular weight excluding hydrogens is 373 g/mol. The molecule has 0 atom stereocenters. The molecule has 3 nitrogen and oxygen atoms in total. The molecule has 0 spiro atoms. The summed E-state index contributed by atoms with van der Waals surface area (Å²) in [6.07, 6.45) is 1.53. The van der Waals surface area contributed by atoms with Crippen LogP contribution in [0, 0.1) is 5.82 Å². The molecule has 1 fully saturated rings. The molecule has 7 heteroatoms. The van der Waals surface area contributed by atoms with Gasteiger partial charge in [0.2, 0.25) is 0 Å². The van der Waals surface area contributed by atoms with Crippen LogP contribution >= 0.6 is 27.5 Å². The van der Waals surface area contributed by atoms with Gasteiger partial charge in [-0.25, -0.2) is 4.39 Å². The fraction of sp³-hybridized carbons (Fsp3) is 0.467. The normalized spacial score (nSPS) is 20.5. The van der Waals surface area contributed by atoms with E-state index in [1.165, 1.54) is 12.1 Å². The Balaban J connectivity index is 2.38. The molecule has 0 aliphatic carbocycles. The second-order valence-corrected chi connectivity index (χ2v) is 7.54. The molecule has 0 aromatic heterocycles. The van der Waals surface area contributed by atoms with Crippen molar-refractivity contribution in [1.29, 1.82) is 0 Å². The summed E-state index contributed by atoms with van der Waals surface area (Å²) in [7, 11) is -0.725. The van der Waals surface area contributed by atoms with E-state index in [0.717, 1.165) is 0 Å². The Morgan fingerprint density at radius 2 is 1.86 bits per heavy atom. The number of hydrogen-bond acceptors (Lipinski definition) is 3. The molecule has 0 amide bonds. The van der Waals surface area contributed by atoms with Crippen molar-refractivity contribution in [1.82, 2.24) is 0 Å². The number of halogens is 3. The molecule has 0 saturated carbocycles. The van der Waals surface area contributed by atoms with Gasteiger partial charge >= 0.3 is 7.12 Å². The fourth-order valence-electron chi connectivity index (χ4n) is 2.06. The molecule has 0 unspecified atom stereocenters. The minimum absolute atomic E-state index is 0.294. The van der Waals surface area contributed by atoms with Crippen LogP contribution in [0.3, 0.4) is 0 Å². The minimum atomic E-state index is -0.725. The highest BCUT2D eigenvalue weighted by atomic mass is 79.9. The SMILES string of the molecule is CC1(C)OB(C(=Cc2c(F)cc(Cl)cc2Br)CO)OC1(C)C. The number of hydrogen-bond donors (Lipinski definition) is 1. The maximum absolute atomic E-state index is 14.1. The van der Waals surface area contributed by atoms with Crippen molar-refractivity contribution in [3.63, 3.8) is 0 Å². The lowest BCUT2D eigenvalue weighted by molar-refractivity contribution is 0.00578. The Bertz CT molecular complexity index is 580. The molecule has 1 aromatic rings. The lowest BCUT2D eigenvalue weighted by atomic mass is 9.77. The molecule has 1 N–H and O–H groups in total. The third kappa shape index (κ3) is 3.41. The van der Waals surface area contributed by atoms with Gasteiger partial charge in [0.15, 0.2) is 0 Å². The highest BCUT2D eigenvalue weighted by molar-refractivity contribution is 9.10. The van der Waals surface area contributed by atoms with E-state index in [9.17, 15) is 9.50 Å². The lowest BCUT2D eigenvalue weighted by Crippen LogP contribution is -2.41. The first-order valence-corrected chi connectivity index (χ1v) is 8.06. The third-order valence-corrected chi connectivity index (χ3v) is 4.99. The van der Waals surface area contributed by atoms with Crippen LogP contribution in [0.1, 0.15) is 33.3 Å². The van der Waals surface area contributed by atoms with Crippen LogP contribution in [-0.4, -0.2) is 30.0 Å². The number of aliphatic hydroxyl groups excluding tert-OH is 1. The van der Waals surface area contributed by atoms with Crippen molar-refractivity contribution in [2.24, 2.45) is 0 Å². The molecule has 0 radical (unpaired) electrons. The van der Waals surface area contributed by atoms with E-state index in [2.05, 4.69) is 15.9 Å². The second-order valence-electron chi connectivity index (χ2n) is 6.25. The maximum Gasteiger partial charge on any atom is 0.492 e. The average molecular weight is 391 g/mol. The first-order chi connectivity index (χ1) is 10.1. The van der Waals surface area contributed by atoms with Gasteiger partial charge < -0.3 is 14.4 Å². The first kappa shape index (κ1) is 18.0. The second kappa shape index (κ2) is 6.25. The van der Waals surface area contributed by atoms with Gasteiger partial charge in [-0.05, 0) is 45.3 Å². The molecule has 1 aliphatic rings. The van der Waals surface area contributed by atoms with Crippen LogP contribution in [0.25, 0.3) is 6.08 Å². The average Bonchev–Trinajstić information content (AvgIpc) is 2.57. The highest BCUT2D eigenvalue weighted by Gasteiger charge is 2.52. The first-order valence-electron chi connectivity index (χ1n) is 6.89. The number of benzene rings is 1. The van der Waals surface area contributed by atoms with Gasteiger partial charge in [0.05, 0.1) is 17.8 Å². The predicted molar refractivity (Wildman–Crippen MR) is 90.3 cm³/mol. The molecule has 22 heavy (non-hydrogen) atoms. The quantitative estimate of drug-likeness (QED) is 0.783. The zero-order valence-electron chi connectivity index (χ0n) is 12.9. The summed E-state index contributed by atoms with van der Waals surface area (Å²) < 4.78 is 26.3. The molecule has 0 bridgehead atoms. The predicted octanol–water partition coefficient (Wildman–Crippen LogP) is 4.25. The standard InChI is InChI=1S/C15H18BBrClFO3/c1-14(2)15(3,4)22-16(21-14)9(8-20)5-11-12(17)6-10(18)7-13(11)19/h5-7,20H,8H2,1-4H3. The van der Waals surface area contributed by atoms with Crippen molar-refractivity contribution >= 4 is 40.7 Å². The van der Waals surface area contributed by atoms with Crippen molar-refractivity contribution in [3.8, 4) is 0 Å². The maximum atomic E-state index is 14.1. The monoisotopic (exact) mass is 390 g/mol. The largest absolute Gasteiger partial charge is 0.492 e. The van der Waals surface area contributed by atoms with E-state index < -0.39 is 24.1 Å². The molecule has 2 rings (SSSR count). The summed E-state index contributed by atoms with van der Waals surface area (Å²) in [5, 5.41) is 9.93. The van der Waals surface area contributed by atoms with Gasteiger partial charge in [0.1, 0.15) is 5.82 Å². The van der Waals surface area contributed by atoms with Crippen LogP contribution in [0.5, 0.6) is 0 Å². The van der Waals surface area contributed by atoms with Crippen LogP contribution in [-0.2, 0) is 9.31 Å². The molecule has 1 aromatic carbocycles. The van der Waals surface area contributed by atoms with Gasteiger partial charge in [0, 0.05) is 15.1 Å². The van der Waals surface area contributed by atoms with Crippen molar-refractivity contribution in [3.05, 3.63) is 38.5 Å². The topological polar surface area (TPSA) is 38.7 Å². The van der Waals surface area contributed by atoms with Crippen LogP contribution in [0.4, 0.5) is 4.39 Å². The summed E-state index contributed by atoms with van der Waals surface area (Å²) >= 11 is 9.08. The summed E-state index contributed by atoms with van der Waals surface area (Å²) in [5.74, 6) is -0.484. The molecule has 120 valence electrons. The van der Waals surface area contributed by atoms with Gasteiger partial charge in [0.25, 0.3) is 0 Å². The molecule has 1 saturated heterocycles. The molecular formula is C15H18BBrClFO3. The summed E-state index contributed by atoms with van der Waals surface area (Å²) in [6, 6.07) is 2.81. The molecule has 1 aliphatic heterocycles. The molecule has 1 heterocycles. The van der Waals surface area contributed by atoms with E-state index >= 15 is 0 Å². The van der Waals surface area contributed by atoms with Crippen LogP contribution < -0.4 is 0 Å². The summed E-state index contributed by atoms with van der Waals surface area (Å²) in [4.78, 5) is 0. The minimum Gasteiger partial charge on any atom is -0.400 e. The Kier molecular flexibility index (Phi) is 5.10. The summed E-state index contributed by atoms with van der Waals surface area (Å²) in [6.45, 7) is 7.37. The van der Waals surface area contributed by atoms with Gasteiger partial charge in [-0.3, -0.25) is 0 Å². The van der Waals surface area contributed by atoms with Gasteiger partial charge in [-0.15, -0.1) is 0 Å². The van der Waals surface area contributed by atoms with Gasteiger partial charge in [-0.1, -0.05) is 33.6 Å². The zero-order chi connectivity index (χ0) is 16.7. The van der Waals surface area contributed by atoms with Crippen molar-refractivity contribution in [2.75, 3.05) is 6.61 Å². The highest BCUT2D eigenvalue weighted by Crippen LogP contribution is 2.39. The van der Waals surface area contributed by atoms with Crippen LogP contribution in [0.2, 0.25) is 5.02 Å². The Morgan fingerprint density at radius 3 is 2.32 bits per heavy atom. The zero-order valence-corrected chi connectivity index (χ0v) is 15.3. The lowest BCUT2D eigenvalue weighted by Gasteiger charge is -2.32. The Labute approximate surface area is 143 Å². The van der Waals surface area contributed by atoms with Crippen molar-refractivity contribution in [2.45, 2.75) is 38.9 Å². The summed E-state index contributed by atoms with van der Waals surface area (Å²) in [5.41, 5.74) is -0.313. The smallest absolute Gasteiger partial charge is 0.400 e.